The summed E-state index contributed by atoms with van der Waals surface area (Å²) in [5.41, 5.74) is 2.29. The van der Waals surface area contributed by atoms with Crippen molar-refractivity contribution in [2.45, 2.75) is 13.0 Å². The number of fused-ring (bicyclic) bond motifs is 1. The highest BCUT2D eigenvalue weighted by Gasteiger charge is 2.18. The molecule has 0 aliphatic carbocycles. The van der Waals surface area contributed by atoms with Crippen molar-refractivity contribution in [3.8, 4) is 0 Å². The van der Waals surface area contributed by atoms with Crippen LogP contribution in [0.2, 0.25) is 0 Å². The first kappa shape index (κ1) is 19.5. The average Bonchev–Trinajstić information content (AvgIpc) is 3.18. The molecule has 2 amide bonds. The van der Waals surface area contributed by atoms with Crippen LogP contribution in [-0.4, -0.2) is 48.7 Å². The number of rotatable bonds is 5. The van der Waals surface area contributed by atoms with Crippen LogP contribution in [0, 0.1) is 6.92 Å². The van der Waals surface area contributed by atoms with E-state index in [0.717, 1.165) is 15.6 Å². The van der Waals surface area contributed by atoms with Gasteiger partial charge in [-0.1, -0.05) is 24.3 Å². The van der Waals surface area contributed by atoms with Crippen molar-refractivity contribution in [3.63, 3.8) is 0 Å². The van der Waals surface area contributed by atoms with E-state index < -0.39 is 0 Å². The number of hydrogen-bond donors (Lipinski definition) is 2. The SMILES string of the molecule is Cc1ccc(C(=O)NC[C@H]2COCCO2)cc1NC(=O)c1nsc2ccccc12. The molecule has 1 fully saturated rings. The number of amides is 2. The number of anilines is 1. The normalized spacial score (nSPS) is 16.5. The number of benzene rings is 2. The molecule has 150 valence electrons. The smallest absolute Gasteiger partial charge is 0.276 e. The lowest BCUT2D eigenvalue weighted by Crippen LogP contribution is -2.39. The molecule has 0 unspecified atom stereocenters. The molecule has 4 rings (SSSR count). The lowest BCUT2D eigenvalue weighted by molar-refractivity contribution is -0.0855. The number of aromatic nitrogens is 1. The number of nitrogens with zero attached hydrogens (tertiary/aromatic N) is 1. The Morgan fingerprint density at radius 3 is 2.86 bits per heavy atom. The molecule has 2 aromatic carbocycles. The van der Waals surface area contributed by atoms with Crippen molar-refractivity contribution in [3.05, 3.63) is 59.3 Å². The molecule has 0 saturated carbocycles. The van der Waals surface area contributed by atoms with Crippen molar-refractivity contribution < 1.29 is 19.1 Å². The molecule has 1 saturated heterocycles. The molecular formula is C21H21N3O4S. The third-order valence-corrected chi connectivity index (χ3v) is 5.54. The molecule has 1 atom stereocenters. The molecular weight excluding hydrogens is 390 g/mol. The lowest BCUT2D eigenvalue weighted by atomic mass is 10.1. The zero-order valence-corrected chi connectivity index (χ0v) is 16.8. The van der Waals surface area contributed by atoms with Gasteiger partial charge in [-0.25, -0.2) is 0 Å². The average molecular weight is 411 g/mol. The van der Waals surface area contributed by atoms with Gasteiger partial charge in [0.25, 0.3) is 11.8 Å². The highest BCUT2D eigenvalue weighted by Crippen LogP contribution is 2.24. The van der Waals surface area contributed by atoms with E-state index in [2.05, 4.69) is 15.0 Å². The molecule has 8 heteroatoms. The van der Waals surface area contributed by atoms with Crippen molar-refractivity contribution in [1.29, 1.82) is 0 Å². The van der Waals surface area contributed by atoms with E-state index in [9.17, 15) is 9.59 Å². The van der Waals surface area contributed by atoms with Gasteiger partial charge in [-0.3, -0.25) is 9.59 Å². The second-order valence-corrected chi connectivity index (χ2v) is 7.59. The summed E-state index contributed by atoms with van der Waals surface area (Å²) >= 11 is 1.29. The minimum atomic E-state index is -0.295. The topological polar surface area (TPSA) is 89.5 Å². The van der Waals surface area contributed by atoms with Gasteiger partial charge in [0.2, 0.25) is 0 Å². The molecule has 1 aliphatic heterocycles. The molecule has 0 radical (unpaired) electrons. The predicted molar refractivity (Wildman–Crippen MR) is 112 cm³/mol. The first-order chi connectivity index (χ1) is 14.1. The summed E-state index contributed by atoms with van der Waals surface area (Å²) in [5.74, 6) is -0.523. The number of carbonyl (C=O) groups excluding carboxylic acids is 2. The summed E-state index contributed by atoms with van der Waals surface area (Å²) < 4.78 is 16.1. The van der Waals surface area contributed by atoms with Gasteiger partial charge < -0.3 is 20.1 Å². The molecule has 0 bridgehead atoms. The maximum atomic E-state index is 12.8. The van der Waals surface area contributed by atoms with E-state index in [1.165, 1.54) is 11.5 Å². The number of hydrogen-bond acceptors (Lipinski definition) is 6. The van der Waals surface area contributed by atoms with Crippen molar-refractivity contribution >= 4 is 39.1 Å². The third kappa shape index (κ3) is 4.45. The minimum Gasteiger partial charge on any atom is -0.376 e. The van der Waals surface area contributed by atoms with Gasteiger partial charge in [0, 0.05) is 23.2 Å². The molecule has 2 N–H and O–H groups in total. The van der Waals surface area contributed by atoms with Gasteiger partial charge in [0.15, 0.2) is 0 Å². The second kappa shape index (κ2) is 8.69. The molecule has 1 aliphatic rings. The van der Waals surface area contributed by atoms with E-state index >= 15 is 0 Å². The quantitative estimate of drug-likeness (QED) is 0.674. The maximum Gasteiger partial charge on any atom is 0.276 e. The Bertz CT molecular complexity index is 1040. The summed E-state index contributed by atoms with van der Waals surface area (Å²) in [5, 5.41) is 6.56. The van der Waals surface area contributed by atoms with Crippen LogP contribution < -0.4 is 10.6 Å². The monoisotopic (exact) mass is 411 g/mol. The molecule has 3 aromatic rings. The van der Waals surface area contributed by atoms with Gasteiger partial charge in [-0.05, 0) is 42.2 Å². The summed E-state index contributed by atoms with van der Waals surface area (Å²) in [7, 11) is 0. The Morgan fingerprint density at radius 1 is 1.17 bits per heavy atom. The van der Waals surface area contributed by atoms with Gasteiger partial charge in [0.1, 0.15) is 5.69 Å². The fraction of sp³-hybridized carbons (Fsp3) is 0.286. The molecule has 7 nitrogen and oxygen atoms in total. The molecule has 2 heterocycles. The van der Waals surface area contributed by atoms with Crippen LogP contribution >= 0.6 is 11.5 Å². The van der Waals surface area contributed by atoms with Gasteiger partial charge >= 0.3 is 0 Å². The Balaban J connectivity index is 1.46. The number of ether oxygens (including phenoxy) is 2. The Morgan fingerprint density at radius 2 is 2.03 bits per heavy atom. The number of carbonyl (C=O) groups is 2. The Hall–Kier alpha value is -2.81. The predicted octanol–water partition coefficient (Wildman–Crippen LogP) is 3.00. The maximum absolute atomic E-state index is 12.8. The van der Waals surface area contributed by atoms with Crippen molar-refractivity contribution in [2.75, 3.05) is 31.7 Å². The fourth-order valence-corrected chi connectivity index (χ4v) is 3.87. The zero-order valence-electron chi connectivity index (χ0n) is 15.9. The number of nitrogens with one attached hydrogen (secondary N) is 2. The summed E-state index contributed by atoms with van der Waals surface area (Å²) in [6.07, 6.45) is -0.143. The fourth-order valence-electron chi connectivity index (χ4n) is 3.09. The highest BCUT2D eigenvalue weighted by atomic mass is 32.1. The van der Waals surface area contributed by atoms with Crippen molar-refractivity contribution in [2.24, 2.45) is 0 Å². The van der Waals surface area contributed by atoms with Gasteiger partial charge in [-0.15, -0.1) is 0 Å². The first-order valence-corrected chi connectivity index (χ1v) is 10.1. The summed E-state index contributed by atoms with van der Waals surface area (Å²) in [6.45, 7) is 3.84. The Kier molecular flexibility index (Phi) is 5.84. The van der Waals surface area contributed by atoms with Crippen LogP contribution in [0.15, 0.2) is 42.5 Å². The Labute approximate surface area is 172 Å². The molecule has 1 aromatic heterocycles. The molecule has 29 heavy (non-hydrogen) atoms. The van der Waals surface area contributed by atoms with E-state index in [1.54, 1.807) is 12.1 Å². The van der Waals surface area contributed by atoms with E-state index in [0.29, 0.717) is 43.3 Å². The van der Waals surface area contributed by atoms with Crippen LogP contribution in [0.1, 0.15) is 26.4 Å². The van der Waals surface area contributed by atoms with Crippen LogP contribution in [0.5, 0.6) is 0 Å². The summed E-state index contributed by atoms with van der Waals surface area (Å²) in [6, 6.07) is 12.8. The van der Waals surface area contributed by atoms with E-state index in [4.69, 9.17) is 9.47 Å². The van der Waals surface area contributed by atoms with E-state index in [-0.39, 0.29) is 17.9 Å². The largest absolute Gasteiger partial charge is 0.376 e. The van der Waals surface area contributed by atoms with Crippen LogP contribution in [0.4, 0.5) is 5.69 Å². The van der Waals surface area contributed by atoms with Gasteiger partial charge in [0.05, 0.1) is 30.6 Å². The zero-order chi connectivity index (χ0) is 20.2. The minimum absolute atomic E-state index is 0.143. The van der Waals surface area contributed by atoms with Crippen LogP contribution in [0.3, 0.4) is 0 Å². The first-order valence-electron chi connectivity index (χ1n) is 9.36. The summed E-state index contributed by atoms with van der Waals surface area (Å²) in [4.78, 5) is 25.3. The van der Waals surface area contributed by atoms with Crippen LogP contribution in [-0.2, 0) is 9.47 Å². The second-order valence-electron chi connectivity index (χ2n) is 6.79. The highest BCUT2D eigenvalue weighted by molar-refractivity contribution is 7.13. The molecule has 0 spiro atoms. The van der Waals surface area contributed by atoms with Crippen molar-refractivity contribution in [1.82, 2.24) is 9.69 Å². The number of aryl methyl sites for hydroxylation is 1. The standard InChI is InChI=1S/C21H21N3O4S/c1-13-6-7-14(20(25)22-11-15-12-27-8-9-28-15)10-17(13)23-21(26)19-16-4-2-3-5-18(16)29-24-19/h2-7,10,15H,8-9,11-12H2,1H3,(H,22,25)(H,23,26)/t15-/m0/s1. The van der Waals surface area contributed by atoms with Crippen LogP contribution in [0.25, 0.3) is 10.1 Å². The third-order valence-electron chi connectivity index (χ3n) is 4.72. The van der Waals surface area contributed by atoms with E-state index in [1.807, 2.05) is 37.3 Å². The van der Waals surface area contributed by atoms with Gasteiger partial charge in [-0.2, -0.15) is 4.37 Å². The lowest BCUT2D eigenvalue weighted by Gasteiger charge is -2.23.